The maximum atomic E-state index is 12.7. The number of hydrogen-bond acceptors (Lipinski definition) is 4. The number of rotatable bonds is 4. The number of carbonyl (C=O) groups is 2. The Morgan fingerprint density at radius 3 is 2.84 bits per heavy atom. The molecule has 1 N–H and O–H groups in total. The maximum absolute atomic E-state index is 12.7. The summed E-state index contributed by atoms with van der Waals surface area (Å²) in [6.07, 6.45) is -0.755. The number of benzene rings is 2. The summed E-state index contributed by atoms with van der Waals surface area (Å²) in [5.41, 5.74) is 0.630. The summed E-state index contributed by atoms with van der Waals surface area (Å²) in [5.74, 6) is 0.565. The molecule has 0 saturated carbocycles. The highest BCUT2D eigenvalue weighted by Crippen LogP contribution is 2.33. The van der Waals surface area contributed by atoms with Crippen molar-refractivity contribution in [2.24, 2.45) is 0 Å². The van der Waals surface area contributed by atoms with E-state index in [1.807, 2.05) is 18.2 Å². The molecule has 2 aromatic rings. The van der Waals surface area contributed by atoms with Crippen molar-refractivity contribution >= 4 is 33.4 Å². The van der Waals surface area contributed by atoms with Gasteiger partial charge in [0.05, 0.1) is 12.2 Å². The molecule has 3 rings (SSSR count). The van der Waals surface area contributed by atoms with Crippen molar-refractivity contribution in [3.8, 4) is 11.5 Å². The van der Waals surface area contributed by atoms with Crippen LogP contribution in [0.3, 0.4) is 0 Å². The predicted octanol–water partition coefficient (Wildman–Crippen LogP) is 2.37. The highest BCUT2D eigenvalue weighted by atomic mass is 79.9. The number of carbonyl (C=O) groups excluding carboxylic acids is 2. The molecule has 2 amide bonds. The second-order valence-electron chi connectivity index (χ2n) is 5.44. The van der Waals surface area contributed by atoms with Gasteiger partial charge in [-0.05, 0) is 30.3 Å². The van der Waals surface area contributed by atoms with Gasteiger partial charge in [-0.1, -0.05) is 34.1 Å². The third-order valence-corrected chi connectivity index (χ3v) is 4.27. The summed E-state index contributed by atoms with van der Waals surface area (Å²) in [7, 11) is 1.54. The summed E-state index contributed by atoms with van der Waals surface area (Å²) < 4.78 is 12.1. The molecule has 0 fully saturated rings. The van der Waals surface area contributed by atoms with Crippen LogP contribution in [0.5, 0.6) is 11.5 Å². The number of likely N-dealkylation sites (N-methyl/N-ethyl adjacent to an activating group) is 1. The minimum atomic E-state index is -0.755. The minimum absolute atomic E-state index is 0.134. The number of ether oxygens (including phenoxy) is 2. The summed E-state index contributed by atoms with van der Waals surface area (Å²) in [5, 5.41) is 2.55. The summed E-state index contributed by atoms with van der Waals surface area (Å²) in [4.78, 5) is 26.2. The zero-order chi connectivity index (χ0) is 17.8. The van der Waals surface area contributed by atoms with Gasteiger partial charge in [-0.3, -0.25) is 9.59 Å². The molecule has 0 unspecified atom stereocenters. The predicted molar refractivity (Wildman–Crippen MR) is 96.9 cm³/mol. The van der Waals surface area contributed by atoms with E-state index in [0.29, 0.717) is 17.2 Å². The SMILES string of the molecule is CNC(=O)[C@H]1CN(C(=O)COc2cccc(Br)c2)c2ccccc2O1. The third-order valence-electron chi connectivity index (χ3n) is 3.77. The topological polar surface area (TPSA) is 67.9 Å². The largest absolute Gasteiger partial charge is 0.484 e. The van der Waals surface area contributed by atoms with Crippen LogP contribution >= 0.6 is 15.9 Å². The van der Waals surface area contributed by atoms with E-state index in [4.69, 9.17) is 9.47 Å². The van der Waals surface area contributed by atoms with Crippen LogP contribution in [0.2, 0.25) is 0 Å². The number of nitrogens with zero attached hydrogens (tertiary/aromatic N) is 1. The van der Waals surface area contributed by atoms with Crippen LogP contribution in [0.1, 0.15) is 0 Å². The molecule has 0 saturated heterocycles. The molecule has 0 radical (unpaired) electrons. The highest BCUT2D eigenvalue weighted by Gasteiger charge is 2.33. The van der Waals surface area contributed by atoms with E-state index in [1.54, 1.807) is 30.3 Å². The monoisotopic (exact) mass is 404 g/mol. The molecule has 25 heavy (non-hydrogen) atoms. The van der Waals surface area contributed by atoms with Gasteiger partial charge in [0.1, 0.15) is 11.5 Å². The second-order valence-corrected chi connectivity index (χ2v) is 6.35. The van der Waals surface area contributed by atoms with Crippen LogP contribution in [0.25, 0.3) is 0 Å². The van der Waals surface area contributed by atoms with Gasteiger partial charge in [-0.15, -0.1) is 0 Å². The molecular formula is C18H17BrN2O4. The molecule has 1 aliphatic heterocycles. The number of amides is 2. The van der Waals surface area contributed by atoms with Gasteiger partial charge in [0.25, 0.3) is 11.8 Å². The van der Waals surface area contributed by atoms with Crippen LogP contribution in [0.4, 0.5) is 5.69 Å². The molecule has 0 spiro atoms. The molecule has 7 heteroatoms. The number of hydrogen-bond donors (Lipinski definition) is 1. The van der Waals surface area contributed by atoms with Crippen LogP contribution in [-0.2, 0) is 9.59 Å². The Morgan fingerprint density at radius 2 is 2.08 bits per heavy atom. The van der Waals surface area contributed by atoms with E-state index in [2.05, 4.69) is 21.2 Å². The zero-order valence-corrected chi connectivity index (χ0v) is 15.2. The fraction of sp³-hybridized carbons (Fsp3) is 0.222. The van der Waals surface area contributed by atoms with Gasteiger partial charge in [-0.2, -0.15) is 0 Å². The average molecular weight is 405 g/mol. The van der Waals surface area contributed by atoms with Crippen LogP contribution in [0, 0.1) is 0 Å². The number of nitrogens with one attached hydrogen (secondary N) is 1. The van der Waals surface area contributed by atoms with Gasteiger partial charge in [0.15, 0.2) is 12.7 Å². The lowest BCUT2D eigenvalue weighted by Crippen LogP contribution is -2.51. The molecule has 6 nitrogen and oxygen atoms in total. The lowest BCUT2D eigenvalue weighted by molar-refractivity contribution is -0.128. The van der Waals surface area contributed by atoms with Crippen molar-refractivity contribution in [2.75, 3.05) is 25.1 Å². The Kier molecular flexibility index (Phi) is 5.23. The Bertz CT molecular complexity index is 796. The lowest BCUT2D eigenvalue weighted by Gasteiger charge is -2.33. The molecule has 1 aliphatic rings. The van der Waals surface area contributed by atoms with Crippen molar-refractivity contribution in [2.45, 2.75) is 6.10 Å². The molecule has 130 valence electrons. The molecule has 2 aromatic carbocycles. The van der Waals surface area contributed by atoms with Crippen molar-refractivity contribution in [3.63, 3.8) is 0 Å². The van der Waals surface area contributed by atoms with Crippen molar-refractivity contribution in [3.05, 3.63) is 53.0 Å². The van der Waals surface area contributed by atoms with Crippen molar-refractivity contribution < 1.29 is 19.1 Å². The van der Waals surface area contributed by atoms with E-state index < -0.39 is 6.10 Å². The van der Waals surface area contributed by atoms with E-state index in [-0.39, 0.29) is 25.0 Å². The molecular weight excluding hydrogens is 388 g/mol. The molecule has 0 bridgehead atoms. The van der Waals surface area contributed by atoms with E-state index in [9.17, 15) is 9.59 Å². The maximum Gasteiger partial charge on any atom is 0.265 e. The van der Waals surface area contributed by atoms with Crippen molar-refractivity contribution in [1.82, 2.24) is 5.32 Å². The molecule has 0 aromatic heterocycles. The third kappa shape index (κ3) is 3.93. The summed E-state index contributed by atoms with van der Waals surface area (Å²) in [6.45, 7) is 0.00260. The normalized spacial score (nSPS) is 15.8. The zero-order valence-electron chi connectivity index (χ0n) is 13.6. The van der Waals surface area contributed by atoms with Crippen LogP contribution in [-0.4, -0.2) is 38.1 Å². The van der Waals surface area contributed by atoms with Crippen molar-refractivity contribution in [1.29, 1.82) is 0 Å². The smallest absolute Gasteiger partial charge is 0.265 e. The van der Waals surface area contributed by atoms with Gasteiger partial charge in [0, 0.05) is 11.5 Å². The summed E-state index contributed by atoms with van der Waals surface area (Å²) in [6, 6.07) is 14.4. The Balaban J connectivity index is 1.77. The first-order valence-electron chi connectivity index (χ1n) is 7.74. The number of halogens is 1. The van der Waals surface area contributed by atoms with Gasteiger partial charge in [0.2, 0.25) is 0 Å². The first-order chi connectivity index (χ1) is 12.1. The summed E-state index contributed by atoms with van der Waals surface area (Å²) >= 11 is 3.36. The Labute approximate surface area is 153 Å². The van der Waals surface area contributed by atoms with E-state index in [0.717, 1.165) is 4.47 Å². The molecule has 1 atom stereocenters. The molecule has 0 aliphatic carbocycles. The van der Waals surface area contributed by atoms with Crippen LogP contribution < -0.4 is 19.7 Å². The quantitative estimate of drug-likeness (QED) is 0.849. The Hall–Kier alpha value is -2.54. The average Bonchev–Trinajstić information content (AvgIpc) is 2.64. The van der Waals surface area contributed by atoms with Gasteiger partial charge in [-0.25, -0.2) is 0 Å². The fourth-order valence-electron chi connectivity index (χ4n) is 2.55. The molecule has 1 heterocycles. The second kappa shape index (κ2) is 7.57. The van der Waals surface area contributed by atoms with E-state index >= 15 is 0 Å². The number of fused-ring (bicyclic) bond motifs is 1. The Morgan fingerprint density at radius 1 is 1.28 bits per heavy atom. The fourth-order valence-corrected chi connectivity index (χ4v) is 2.93. The minimum Gasteiger partial charge on any atom is -0.484 e. The van der Waals surface area contributed by atoms with Gasteiger partial charge < -0.3 is 19.7 Å². The first-order valence-corrected chi connectivity index (χ1v) is 8.54. The number of anilines is 1. The standard InChI is InChI=1S/C18H17BrN2O4/c1-20-18(23)16-10-21(14-7-2-3-8-15(14)25-16)17(22)11-24-13-6-4-5-12(19)9-13/h2-9,16H,10-11H2,1H3,(H,20,23)/t16-/m1/s1. The van der Waals surface area contributed by atoms with Gasteiger partial charge >= 0.3 is 0 Å². The number of para-hydroxylation sites is 2. The highest BCUT2D eigenvalue weighted by molar-refractivity contribution is 9.10. The van der Waals surface area contributed by atoms with Crippen LogP contribution in [0.15, 0.2) is 53.0 Å². The lowest BCUT2D eigenvalue weighted by atomic mass is 10.1. The van der Waals surface area contributed by atoms with E-state index in [1.165, 1.54) is 11.9 Å². The first kappa shape index (κ1) is 17.3.